The molecule has 118 valence electrons. The number of aryl methyl sites for hydroxylation is 1. The standard InChI is InChI=1S/C13H16ClN5O3/c1-3-18-11(9(14)6-16-18)7-17(2)13(22)10-4-5-15-19(10)8-12(20)21/h4-6H,3,7-8H2,1-2H3,(H,20,21). The summed E-state index contributed by atoms with van der Waals surface area (Å²) >= 11 is 6.08. The Labute approximate surface area is 131 Å². The van der Waals surface area contributed by atoms with E-state index in [1.54, 1.807) is 11.7 Å². The van der Waals surface area contributed by atoms with Crippen LogP contribution in [0.25, 0.3) is 0 Å². The topological polar surface area (TPSA) is 93.3 Å². The van der Waals surface area contributed by atoms with Crippen LogP contribution in [0.5, 0.6) is 0 Å². The molecular weight excluding hydrogens is 310 g/mol. The Bertz CT molecular complexity index is 694. The van der Waals surface area contributed by atoms with Gasteiger partial charge in [-0.15, -0.1) is 0 Å². The molecule has 0 atom stereocenters. The van der Waals surface area contributed by atoms with Crippen LogP contribution >= 0.6 is 11.6 Å². The van der Waals surface area contributed by atoms with Crippen molar-refractivity contribution in [1.29, 1.82) is 0 Å². The van der Waals surface area contributed by atoms with Crippen LogP contribution in [0.15, 0.2) is 18.5 Å². The Morgan fingerprint density at radius 2 is 2.09 bits per heavy atom. The fraction of sp³-hybridized carbons (Fsp3) is 0.385. The van der Waals surface area contributed by atoms with Crippen LogP contribution < -0.4 is 0 Å². The first-order valence-corrected chi connectivity index (χ1v) is 7.01. The van der Waals surface area contributed by atoms with Gasteiger partial charge >= 0.3 is 5.97 Å². The molecule has 0 radical (unpaired) electrons. The number of carboxylic acids is 1. The van der Waals surface area contributed by atoms with Gasteiger partial charge in [0.15, 0.2) is 0 Å². The number of aromatic nitrogens is 4. The minimum Gasteiger partial charge on any atom is -0.480 e. The van der Waals surface area contributed by atoms with E-state index in [1.165, 1.54) is 23.4 Å². The lowest BCUT2D eigenvalue weighted by Crippen LogP contribution is -2.30. The Hall–Kier alpha value is -2.35. The summed E-state index contributed by atoms with van der Waals surface area (Å²) in [7, 11) is 1.61. The van der Waals surface area contributed by atoms with Gasteiger partial charge in [-0.25, -0.2) is 4.68 Å². The van der Waals surface area contributed by atoms with E-state index in [0.29, 0.717) is 11.6 Å². The fourth-order valence-electron chi connectivity index (χ4n) is 2.08. The van der Waals surface area contributed by atoms with Crippen LogP contribution in [0.4, 0.5) is 0 Å². The Kier molecular flexibility index (Phi) is 4.81. The van der Waals surface area contributed by atoms with E-state index in [0.717, 1.165) is 10.4 Å². The lowest BCUT2D eigenvalue weighted by Gasteiger charge is -2.18. The number of rotatable bonds is 6. The van der Waals surface area contributed by atoms with Crippen LogP contribution in [-0.2, 0) is 24.4 Å². The number of hydrogen-bond acceptors (Lipinski definition) is 4. The highest BCUT2D eigenvalue weighted by molar-refractivity contribution is 6.31. The van der Waals surface area contributed by atoms with Gasteiger partial charge in [0, 0.05) is 19.8 Å². The van der Waals surface area contributed by atoms with Crippen molar-refractivity contribution in [1.82, 2.24) is 24.5 Å². The number of carbonyl (C=O) groups is 2. The number of nitrogens with zero attached hydrogens (tertiary/aromatic N) is 5. The monoisotopic (exact) mass is 325 g/mol. The number of amides is 1. The first-order valence-electron chi connectivity index (χ1n) is 6.63. The summed E-state index contributed by atoms with van der Waals surface area (Å²) < 4.78 is 2.86. The van der Waals surface area contributed by atoms with Gasteiger partial charge in [-0.2, -0.15) is 10.2 Å². The van der Waals surface area contributed by atoms with E-state index in [1.807, 2.05) is 6.92 Å². The second-order valence-electron chi connectivity index (χ2n) is 4.68. The predicted octanol–water partition coefficient (Wildman–Crippen LogP) is 1.11. The maximum Gasteiger partial charge on any atom is 0.325 e. The molecule has 0 spiro atoms. The van der Waals surface area contributed by atoms with Crippen molar-refractivity contribution in [2.75, 3.05) is 7.05 Å². The van der Waals surface area contributed by atoms with E-state index in [9.17, 15) is 9.59 Å². The summed E-state index contributed by atoms with van der Waals surface area (Å²) in [5.74, 6) is -1.40. The lowest BCUT2D eigenvalue weighted by molar-refractivity contribution is -0.137. The number of halogens is 1. The largest absolute Gasteiger partial charge is 0.480 e. The van der Waals surface area contributed by atoms with Gasteiger partial charge in [0.2, 0.25) is 0 Å². The molecule has 0 saturated carbocycles. The first-order chi connectivity index (χ1) is 10.4. The van der Waals surface area contributed by atoms with E-state index >= 15 is 0 Å². The van der Waals surface area contributed by atoms with Crippen LogP contribution in [0.2, 0.25) is 5.02 Å². The quantitative estimate of drug-likeness (QED) is 0.858. The van der Waals surface area contributed by atoms with Gasteiger partial charge in [-0.3, -0.25) is 14.3 Å². The van der Waals surface area contributed by atoms with E-state index in [4.69, 9.17) is 16.7 Å². The molecule has 0 aliphatic carbocycles. The van der Waals surface area contributed by atoms with Crippen LogP contribution in [0.3, 0.4) is 0 Å². The summed E-state index contributed by atoms with van der Waals surface area (Å²) in [4.78, 5) is 24.7. The molecule has 9 heteroatoms. The van der Waals surface area contributed by atoms with E-state index in [-0.39, 0.29) is 24.7 Å². The Morgan fingerprint density at radius 3 is 2.73 bits per heavy atom. The molecule has 0 saturated heterocycles. The molecular formula is C13H16ClN5O3. The zero-order chi connectivity index (χ0) is 16.3. The number of hydrogen-bond donors (Lipinski definition) is 1. The number of carboxylic acid groups (broad SMARTS) is 1. The smallest absolute Gasteiger partial charge is 0.325 e. The average molecular weight is 326 g/mol. The van der Waals surface area contributed by atoms with Crippen molar-refractivity contribution < 1.29 is 14.7 Å². The van der Waals surface area contributed by atoms with Crippen molar-refractivity contribution in [3.63, 3.8) is 0 Å². The van der Waals surface area contributed by atoms with Gasteiger partial charge in [-0.1, -0.05) is 11.6 Å². The third-order valence-electron chi connectivity index (χ3n) is 3.15. The molecule has 0 aliphatic rings. The van der Waals surface area contributed by atoms with Crippen LogP contribution in [0.1, 0.15) is 23.1 Å². The summed E-state index contributed by atoms with van der Waals surface area (Å²) in [5.41, 5.74) is 0.938. The zero-order valence-electron chi connectivity index (χ0n) is 12.2. The molecule has 1 N–H and O–H groups in total. The highest BCUT2D eigenvalue weighted by atomic mass is 35.5. The molecule has 2 aromatic rings. The van der Waals surface area contributed by atoms with Crippen molar-refractivity contribution in [2.45, 2.75) is 26.6 Å². The normalized spacial score (nSPS) is 10.7. The molecule has 2 heterocycles. The number of aliphatic carboxylic acids is 1. The third kappa shape index (κ3) is 3.28. The minimum atomic E-state index is -1.06. The van der Waals surface area contributed by atoms with Gasteiger partial charge in [0.1, 0.15) is 12.2 Å². The first kappa shape index (κ1) is 16.0. The molecule has 0 unspecified atom stereocenters. The van der Waals surface area contributed by atoms with Gasteiger partial charge < -0.3 is 10.0 Å². The maximum absolute atomic E-state index is 12.4. The summed E-state index contributed by atoms with van der Waals surface area (Å²) in [5, 5.41) is 17.3. The lowest BCUT2D eigenvalue weighted by atomic mass is 10.3. The molecule has 2 rings (SSSR count). The molecule has 2 aromatic heterocycles. The van der Waals surface area contributed by atoms with Crippen molar-refractivity contribution >= 4 is 23.5 Å². The van der Waals surface area contributed by atoms with E-state index < -0.39 is 5.97 Å². The van der Waals surface area contributed by atoms with E-state index in [2.05, 4.69) is 10.2 Å². The van der Waals surface area contributed by atoms with Crippen molar-refractivity contribution in [2.24, 2.45) is 0 Å². The molecule has 22 heavy (non-hydrogen) atoms. The van der Waals surface area contributed by atoms with Crippen molar-refractivity contribution in [3.8, 4) is 0 Å². The summed E-state index contributed by atoms with van der Waals surface area (Å²) in [6.45, 7) is 2.47. The molecule has 0 aromatic carbocycles. The Balaban J connectivity index is 2.17. The van der Waals surface area contributed by atoms with Gasteiger partial charge in [0.25, 0.3) is 5.91 Å². The summed E-state index contributed by atoms with van der Waals surface area (Å²) in [6, 6.07) is 1.49. The van der Waals surface area contributed by atoms with Crippen molar-refractivity contribution in [3.05, 3.63) is 34.9 Å². The second kappa shape index (κ2) is 6.61. The minimum absolute atomic E-state index is 0.212. The SMILES string of the molecule is CCn1ncc(Cl)c1CN(C)C(=O)c1ccnn1CC(=O)O. The third-order valence-corrected chi connectivity index (χ3v) is 3.47. The average Bonchev–Trinajstić information content (AvgIpc) is 3.05. The molecule has 8 nitrogen and oxygen atoms in total. The molecule has 0 bridgehead atoms. The van der Waals surface area contributed by atoms with Crippen LogP contribution in [0, 0.1) is 0 Å². The maximum atomic E-state index is 12.4. The second-order valence-corrected chi connectivity index (χ2v) is 5.09. The molecule has 0 aliphatic heterocycles. The highest BCUT2D eigenvalue weighted by Gasteiger charge is 2.20. The fourth-order valence-corrected chi connectivity index (χ4v) is 2.28. The highest BCUT2D eigenvalue weighted by Crippen LogP contribution is 2.17. The predicted molar refractivity (Wildman–Crippen MR) is 78.6 cm³/mol. The molecule has 0 fully saturated rings. The van der Waals surface area contributed by atoms with Crippen LogP contribution in [-0.4, -0.2) is 48.5 Å². The summed E-state index contributed by atoms with van der Waals surface area (Å²) in [6.07, 6.45) is 2.93. The Morgan fingerprint density at radius 1 is 1.36 bits per heavy atom. The zero-order valence-corrected chi connectivity index (χ0v) is 13.0. The number of carbonyl (C=O) groups excluding carboxylic acids is 1. The van der Waals surface area contributed by atoms with Gasteiger partial charge in [-0.05, 0) is 13.0 Å². The van der Waals surface area contributed by atoms with Gasteiger partial charge in [0.05, 0.1) is 23.5 Å². The molecule has 1 amide bonds.